The van der Waals surface area contributed by atoms with E-state index < -0.39 is 41.3 Å². The van der Waals surface area contributed by atoms with Gasteiger partial charge in [-0.1, -0.05) is 108 Å². The highest BCUT2D eigenvalue weighted by molar-refractivity contribution is 6.32. The van der Waals surface area contributed by atoms with Crippen molar-refractivity contribution in [3.63, 3.8) is 0 Å². The van der Waals surface area contributed by atoms with E-state index in [4.69, 9.17) is 11.6 Å². The van der Waals surface area contributed by atoms with Crippen molar-refractivity contribution in [2.45, 2.75) is 31.5 Å². The van der Waals surface area contributed by atoms with Crippen LogP contribution in [0.3, 0.4) is 0 Å². The topological polar surface area (TPSA) is 78.0 Å². The predicted molar refractivity (Wildman–Crippen MR) is 162 cm³/mol. The summed E-state index contributed by atoms with van der Waals surface area (Å²) in [4.78, 5) is 62.2. The van der Waals surface area contributed by atoms with Gasteiger partial charge in [-0.2, -0.15) is 0 Å². The lowest BCUT2D eigenvalue weighted by Gasteiger charge is -2.35. The Morgan fingerprint density at radius 2 is 1.42 bits per heavy atom. The van der Waals surface area contributed by atoms with Crippen molar-refractivity contribution in [2.24, 2.45) is 11.8 Å². The van der Waals surface area contributed by atoms with E-state index in [1.165, 1.54) is 9.80 Å². The zero-order chi connectivity index (χ0) is 29.9. The molecule has 4 aromatic carbocycles. The lowest BCUT2D eigenvalue weighted by atomic mass is 9.75. The van der Waals surface area contributed by atoms with Gasteiger partial charge in [0.2, 0.25) is 11.8 Å². The van der Waals surface area contributed by atoms with Gasteiger partial charge in [0, 0.05) is 11.4 Å². The standard InChI is InChI=1S/C35H28ClN3O4/c1-22-10-8-15-25(18-22)30-28-29(32(41)37(31(28)40)21-24-13-6-3-7-14-24)35(20-23-11-4-2-5-12-23)33(42)38(34(43)39(30)35)27-17-9-16-26(36)19-27/h2-19,28-30H,20-21H2,1H3/t28?,29?,30?,35-/m1/s1. The molecule has 43 heavy (non-hydrogen) atoms. The summed E-state index contributed by atoms with van der Waals surface area (Å²) in [6, 6.07) is 31.5. The summed E-state index contributed by atoms with van der Waals surface area (Å²) in [5, 5.41) is 0.372. The van der Waals surface area contributed by atoms with Crippen LogP contribution in [0.5, 0.6) is 0 Å². The minimum atomic E-state index is -1.63. The van der Waals surface area contributed by atoms with Crippen molar-refractivity contribution in [2.75, 3.05) is 4.90 Å². The lowest BCUT2D eigenvalue weighted by Crippen LogP contribution is -2.55. The van der Waals surface area contributed by atoms with Crippen LogP contribution in [0.25, 0.3) is 0 Å². The number of fused-ring (bicyclic) bond motifs is 3. The van der Waals surface area contributed by atoms with E-state index in [9.17, 15) is 19.2 Å². The zero-order valence-electron chi connectivity index (χ0n) is 23.4. The maximum Gasteiger partial charge on any atom is 0.332 e. The molecule has 3 fully saturated rings. The molecule has 4 atom stereocenters. The van der Waals surface area contributed by atoms with Crippen LogP contribution in [0.4, 0.5) is 10.5 Å². The zero-order valence-corrected chi connectivity index (χ0v) is 24.1. The Balaban J connectivity index is 1.45. The summed E-state index contributed by atoms with van der Waals surface area (Å²) in [5.41, 5.74) is 1.94. The molecule has 8 heteroatoms. The molecule has 0 radical (unpaired) electrons. The van der Waals surface area contributed by atoms with Crippen LogP contribution in [-0.2, 0) is 27.3 Å². The number of amides is 5. The summed E-state index contributed by atoms with van der Waals surface area (Å²) in [7, 11) is 0. The molecule has 0 bridgehead atoms. The highest BCUT2D eigenvalue weighted by atomic mass is 35.5. The van der Waals surface area contributed by atoms with Gasteiger partial charge in [0.05, 0.1) is 30.1 Å². The normalized spacial score (nSPS) is 24.6. The first-order valence-corrected chi connectivity index (χ1v) is 14.6. The Morgan fingerprint density at radius 1 is 0.744 bits per heavy atom. The van der Waals surface area contributed by atoms with Gasteiger partial charge in [0.15, 0.2) is 0 Å². The number of anilines is 1. The fourth-order valence-corrected chi connectivity index (χ4v) is 7.38. The quantitative estimate of drug-likeness (QED) is 0.206. The van der Waals surface area contributed by atoms with E-state index in [2.05, 4.69) is 0 Å². The molecule has 3 aliphatic heterocycles. The maximum atomic E-state index is 14.9. The second kappa shape index (κ2) is 10.2. The van der Waals surface area contributed by atoms with Crippen LogP contribution < -0.4 is 4.90 Å². The molecule has 7 nitrogen and oxygen atoms in total. The summed E-state index contributed by atoms with van der Waals surface area (Å²) in [6.07, 6.45) is 0.0805. The molecule has 3 unspecified atom stereocenters. The Morgan fingerprint density at radius 3 is 2.09 bits per heavy atom. The van der Waals surface area contributed by atoms with Gasteiger partial charge in [-0.05, 0) is 41.8 Å². The Labute approximate surface area is 254 Å². The third-order valence-electron chi connectivity index (χ3n) is 8.93. The highest BCUT2D eigenvalue weighted by Gasteiger charge is 2.77. The third kappa shape index (κ3) is 4.10. The average Bonchev–Trinajstić information content (AvgIpc) is 3.52. The average molecular weight is 590 g/mol. The van der Waals surface area contributed by atoms with E-state index in [0.717, 1.165) is 21.6 Å². The summed E-state index contributed by atoms with van der Waals surface area (Å²) >= 11 is 6.30. The van der Waals surface area contributed by atoms with Gasteiger partial charge in [-0.15, -0.1) is 0 Å². The van der Waals surface area contributed by atoms with Crippen molar-refractivity contribution in [3.8, 4) is 0 Å². The fraction of sp³-hybridized carbons (Fsp3) is 0.200. The summed E-state index contributed by atoms with van der Waals surface area (Å²) < 4.78 is 0. The van der Waals surface area contributed by atoms with Crippen LogP contribution in [0.2, 0.25) is 5.02 Å². The van der Waals surface area contributed by atoms with Crippen LogP contribution in [0.1, 0.15) is 28.3 Å². The number of rotatable bonds is 6. The number of urea groups is 1. The highest BCUT2D eigenvalue weighted by Crippen LogP contribution is 2.60. The van der Waals surface area contributed by atoms with Crippen LogP contribution in [0, 0.1) is 18.8 Å². The van der Waals surface area contributed by atoms with Gasteiger partial charge in [-0.25, -0.2) is 9.69 Å². The second-order valence-corrected chi connectivity index (χ2v) is 11.9. The minimum Gasteiger partial charge on any atom is -0.300 e. The molecule has 0 aromatic heterocycles. The SMILES string of the molecule is Cc1cccc(C2C3C(=O)N(Cc4ccccc4)C(=O)C3[C@]3(Cc4ccccc4)C(=O)N(c4cccc(Cl)c4)C(=O)N23)c1. The van der Waals surface area contributed by atoms with Crippen molar-refractivity contribution >= 4 is 41.0 Å². The van der Waals surface area contributed by atoms with Crippen LogP contribution in [0.15, 0.2) is 109 Å². The van der Waals surface area contributed by atoms with E-state index in [1.807, 2.05) is 91.9 Å². The number of imide groups is 2. The monoisotopic (exact) mass is 589 g/mol. The van der Waals surface area contributed by atoms with Crippen LogP contribution >= 0.6 is 11.6 Å². The van der Waals surface area contributed by atoms with Gasteiger partial charge in [-0.3, -0.25) is 19.3 Å². The number of nitrogens with zero attached hydrogens (tertiary/aromatic N) is 3. The molecule has 0 aliphatic carbocycles. The van der Waals surface area contributed by atoms with Crippen molar-refractivity contribution in [3.05, 3.63) is 136 Å². The number of hydrogen-bond donors (Lipinski definition) is 0. The molecule has 0 saturated carbocycles. The van der Waals surface area contributed by atoms with Crippen molar-refractivity contribution in [1.29, 1.82) is 0 Å². The smallest absolute Gasteiger partial charge is 0.300 e. The Hall–Kier alpha value is -4.75. The minimum absolute atomic E-state index is 0.0805. The molecule has 3 heterocycles. The number of aryl methyl sites for hydroxylation is 1. The second-order valence-electron chi connectivity index (χ2n) is 11.5. The molecule has 0 spiro atoms. The van der Waals surface area contributed by atoms with E-state index in [-0.39, 0.29) is 18.9 Å². The van der Waals surface area contributed by atoms with Crippen molar-refractivity contribution < 1.29 is 19.2 Å². The number of carbonyl (C=O) groups excluding carboxylic acids is 4. The Bertz CT molecular complexity index is 1780. The summed E-state index contributed by atoms with van der Waals surface area (Å²) in [5.74, 6) is -3.34. The number of likely N-dealkylation sites (tertiary alicyclic amines) is 1. The first-order valence-electron chi connectivity index (χ1n) is 14.2. The lowest BCUT2D eigenvalue weighted by molar-refractivity contribution is -0.144. The van der Waals surface area contributed by atoms with Gasteiger partial charge in [0.25, 0.3) is 5.91 Å². The number of carbonyl (C=O) groups is 4. The van der Waals surface area contributed by atoms with Gasteiger partial charge in [0.1, 0.15) is 5.54 Å². The maximum absolute atomic E-state index is 14.9. The molecular formula is C35H28ClN3O4. The molecule has 214 valence electrons. The summed E-state index contributed by atoms with van der Waals surface area (Å²) in [6.45, 7) is 2.03. The molecule has 3 saturated heterocycles. The van der Waals surface area contributed by atoms with E-state index >= 15 is 0 Å². The number of halogens is 1. The molecule has 4 aromatic rings. The Kier molecular flexibility index (Phi) is 6.43. The molecule has 5 amide bonds. The molecule has 7 rings (SSSR count). The fourth-order valence-electron chi connectivity index (χ4n) is 7.20. The van der Waals surface area contributed by atoms with Gasteiger partial charge >= 0.3 is 6.03 Å². The first kappa shape index (κ1) is 27.1. The molecular weight excluding hydrogens is 562 g/mol. The molecule has 3 aliphatic rings. The van der Waals surface area contributed by atoms with Gasteiger partial charge < -0.3 is 4.90 Å². The van der Waals surface area contributed by atoms with Crippen molar-refractivity contribution in [1.82, 2.24) is 9.80 Å². The first-order chi connectivity index (χ1) is 20.8. The number of hydrogen-bond acceptors (Lipinski definition) is 4. The van der Waals surface area contributed by atoms with E-state index in [0.29, 0.717) is 16.3 Å². The van der Waals surface area contributed by atoms with Crippen LogP contribution in [-0.4, -0.2) is 39.1 Å². The number of benzene rings is 4. The van der Waals surface area contributed by atoms with E-state index in [1.54, 1.807) is 24.3 Å². The predicted octanol–water partition coefficient (Wildman–Crippen LogP) is 5.95. The largest absolute Gasteiger partial charge is 0.332 e. The molecule has 0 N–H and O–H groups in total. The third-order valence-corrected chi connectivity index (χ3v) is 9.16.